The van der Waals surface area contributed by atoms with E-state index in [0.29, 0.717) is 28.1 Å². The van der Waals surface area contributed by atoms with Crippen molar-refractivity contribution in [3.8, 4) is 11.1 Å². The summed E-state index contributed by atoms with van der Waals surface area (Å²) in [6, 6.07) is 8.30. The van der Waals surface area contributed by atoms with E-state index in [9.17, 15) is 18.0 Å². The smallest absolute Gasteiger partial charge is 0.249 e. The zero-order valence-corrected chi connectivity index (χ0v) is 17.2. The Morgan fingerprint density at radius 2 is 2.00 bits per heavy atom. The number of furan rings is 1. The summed E-state index contributed by atoms with van der Waals surface area (Å²) < 4.78 is 34.7. The van der Waals surface area contributed by atoms with Gasteiger partial charge in [0.15, 0.2) is 0 Å². The van der Waals surface area contributed by atoms with Crippen molar-refractivity contribution in [3.05, 3.63) is 53.6 Å². The molecule has 1 aliphatic rings. The molecule has 2 aromatic heterocycles. The van der Waals surface area contributed by atoms with Gasteiger partial charge >= 0.3 is 0 Å². The highest BCUT2D eigenvalue weighted by Crippen LogP contribution is 2.35. The summed E-state index contributed by atoms with van der Waals surface area (Å²) in [5.74, 6) is 0.170. The Bertz CT molecular complexity index is 1240. The van der Waals surface area contributed by atoms with Crippen LogP contribution in [0.4, 0.5) is 5.82 Å². The van der Waals surface area contributed by atoms with Gasteiger partial charge in [-0.1, -0.05) is 12.1 Å². The minimum absolute atomic E-state index is 0.0196. The number of nitrogens with zero attached hydrogens (tertiary/aromatic N) is 2. The summed E-state index contributed by atoms with van der Waals surface area (Å²) in [6.45, 7) is 3.42. The SMILES string of the molecule is Cc1ccc(-c2c(C)nn3c2NC(=O)CCC3=O)cc1S(=O)(=O)NCc1ccco1. The van der Waals surface area contributed by atoms with E-state index < -0.39 is 10.0 Å². The Balaban J connectivity index is 1.76. The van der Waals surface area contributed by atoms with Gasteiger partial charge in [-0.2, -0.15) is 9.78 Å². The third-order valence-electron chi connectivity index (χ3n) is 4.90. The molecule has 3 aromatic rings. The summed E-state index contributed by atoms with van der Waals surface area (Å²) >= 11 is 0. The number of nitrogens with one attached hydrogen (secondary N) is 2. The molecule has 0 spiro atoms. The number of carbonyl (C=O) groups is 2. The Morgan fingerprint density at radius 1 is 1.20 bits per heavy atom. The van der Waals surface area contributed by atoms with Crippen LogP contribution in [0.5, 0.6) is 0 Å². The Morgan fingerprint density at radius 3 is 2.73 bits per heavy atom. The second-order valence-corrected chi connectivity index (χ2v) is 8.78. The van der Waals surface area contributed by atoms with Crippen molar-refractivity contribution < 1.29 is 22.4 Å². The number of aromatic nitrogens is 2. The molecular formula is C20H20N4O5S. The molecule has 30 heavy (non-hydrogen) atoms. The number of fused-ring (bicyclic) bond motifs is 1. The zero-order valence-electron chi connectivity index (χ0n) is 16.4. The number of hydrogen-bond acceptors (Lipinski definition) is 6. The number of benzene rings is 1. The second-order valence-electron chi connectivity index (χ2n) is 7.05. The molecular weight excluding hydrogens is 408 g/mol. The Kier molecular flexibility index (Phi) is 5.04. The molecule has 0 fully saturated rings. The molecule has 4 rings (SSSR count). The number of hydrogen-bond donors (Lipinski definition) is 2. The van der Waals surface area contributed by atoms with Crippen LogP contribution in [0.3, 0.4) is 0 Å². The maximum atomic E-state index is 12.9. The monoisotopic (exact) mass is 428 g/mol. The standard InChI is InChI=1S/C20H20N4O5S/c1-12-5-6-14(10-16(12)30(27,28)21-11-15-4-3-9-29-15)19-13(2)23-24-18(26)8-7-17(25)22-20(19)24/h3-6,9-10,21H,7-8,11H2,1-2H3,(H,22,25). The van der Waals surface area contributed by atoms with Gasteiger partial charge in [0, 0.05) is 18.4 Å². The van der Waals surface area contributed by atoms with Crippen molar-refractivity contribution in [2.24, 2.45) is 0 Å². The maximum absolute atomic E-state index is 12.9. The van der Waals surface area contributed by atoms with Crippen LogP contribution in [0, 0.1) is 13.8 Å². The average Bonchev–Trinajstić information content (AvgIpc) is 3.30. The molecule has 0 unspecified atom stereocenters. The van der Waals surface area contributed by atoms with E-state index in [1.165, 1.54) is 17.0 Å². The van der Waals surface area contributed by atoms with Crippen molar-refractivity contribution in [3.63, 3.8) is 0 Å². The van der Waals surface area contributed by atoms with E-state index in [4.69, 9.17) is 4.42 Å². The van der Waals surface area contributed by atoms with E-state index in [2.05, 4.69) is 15.1 Å². The number of anilines is 1. The second kappa shape index (κ2) is 7.54. The van der Waals surface area contributed by atoms with Gasteiger partial charge in [-0.15, -0.1) is 0 Å². The molecule has 3 heterocycles. The van der Waals surface area contributed by atoms with E-state index in [1.807, 2.05) is 0 Å². The lowest BCUT2D eigenvalue weighted by atomic mass is 10.0. The molecule has 0 saturated heterocycles. The van der Waals surface area contributed by atoms with Gasteiger partial charge in [-0.25, -0.2) is 13.1 Å². The van der Waals surface area contributed by atoms with Gasteiger partial charge in [0.1, 0.15) is 11.6 Å². The predicted octanol–water partition coefficient (Wildman–Crippen LogP) is 2.61. The predicted molar refractivity (Wildman–Crippen MR) is 108 cm³/mol. The largest absolute Gasteiger partial charge is 0.468 e. The van der Waals surface area contributed by atoms with Crippen LogP contribution in [0.2, 0.25) is 0 Å². The number of rotatable bonds is 5. The van der Waals surface area contributed by atoms with Crippen LogP contribution in [0.1, 0.15) is 34.7 Å². The lowest BCUT2D eigenvalue weighted by Crippen LogP contribution is -2.23. The summed E-state index contributed by atoms with van der Waals surface area (Å²) in [7, 11) is -3.83. The molecule has 0 bridgehead atoms. The van der Waals surface area contributed by atoms with Crippen molar-refractivity contribution in [2.75, 3.05) is 5.32 Å². The van der Waals surface area contributed by atoms with Crippen LogP contribution in [-0.4, -0.2) is 30.0 Å². The minimum atomic E-state index is -3.83. The average molecular weight is 428 g/mol. The molecule has 10 heteroatoms. The highest BCUT2D eigenvalue weighted by molar-refractivity contribution is 7.89. The van der Waals surface area contributed by atoms with Crippen molar-refractivity contribution >= 4 is 27.7 Å². The first kappa shape index (κ1) is 20.0. The van der Waals surface area contributed by atoms with E-state index in [1.54, 1.807) is 38.1 Å². The lowest BCUT2D eigenvalue weighted by molar-refractivity contribution is -0.116. The number of amides is 1. The van der Waals surface area contributed by atoms with Crippen LogP contribution in [0.25, 0.3) is 11.1 Å². The van der Waals surface area contributed by atoms with Crippen LogP contribution in [0.15, 0.2) is 45.9 Å². The first-order valence-electron chi connectivity index (χ1n) is 9.32. The fraction of sp³-hybridized carbons (Fsp3) is 0.250. The van der Waals surface area contributed by atoms with Crippen LogP contribution < -0.4 is 10.0 Å². The van der Waals surface area contributed by atoms with Gasteiger partial charge < -0.3 is 9.73 Å². The molecule has 0 atom stereocenters. The van der Waals surface area contributed by atoms with E-state index in [-0.39, 0.29) is 41.9 Å². The van der Waals surface area contributed by atoms with E-state index in [0.717, 1.165) is 0 Å². The lowest BCUT2D eigenvalue weighted by Gasteiger charge is -2.12. The van der Waals surface area contributed by atoms with Crippen molar-refractivity contribution in [1.82, 2.24) is 14.5 Å². The molecule has 9 nitrogen and oxygen atoms in total. The van der Waals surface area contributed by atoms with Gasteiger partial charge in [0.2, 0.25) is 21.8 Å². The van der Waals surface area contributed by atoms with Crippen molar-refractivity contribution in [2.45, 2.75) is 38.1 Å². The summed E-state index contributed by atoms with van der Waals surface area (Å²) in [4.78, 5) is 24.5. The highest BCUT2D eigenvalue weighted by atomic mass is 32.2. The molecule has 1 aliphatic heterocycles. The maximum Gasteiger partial charge on any atom is 0.249 e. The van der Waals surface area contributed by atoms with Crippen LogP contribution >= 0.6 is 0 Å². The zero-order chi connectivity index (χ0) is 21.5. The van der Waals surface area contributed by atoms with Crippen molar-refractivity contribution in [1.29, 1.82) is 0 Å². The van der Waals surface area contributed by atoms with Gasteiger partial charge in [0.05, 0.1) is 23.4 Å². The Hall–Kier alpha value is -3.24. The molecule has 0 radical (unpaired) electrons. The quantitative estimate of drug-likeness (QED) is 0.644. The third-order valence-corrected chi connectivity index (χ3v) is 6.45. The summed E-state index contributed by atoms with van der Waals surface area (Å²) in [5.41, 5.74) is 2.12. The summed E-state index contributed by atoms with van der Waals surface area (Å²) in [5, 5.41) is 6.98. The van der Waals surface area contributed by atoms with Crippen LogP contribution in [-0.2, 0) is 21.4 Å². The first-order chi connectivity index (χ1) is 14.3. The van der Waals surface area contributed by atoms with Gasteiger partial charge in [-0.05, 0) is 43.2 Å². The Labute approximate surface area is 173 Å². The topological polar surface area (TPSA) is 123 Å². The number of aryl methyl sites for hydroxylation is 2. The van der Waals surface area contributed by atoms with E-state index >= 15 is 0 Å². The fourth-order valence-electron chi connectivity index (χ4n) is 3.39. The molecule has 156 valence electrons. The summed E-state index contributed by atoms with van der Waals surface area (Å²) in [6.07, 6.45) is 1.61. The minimum Gasteiger partial charge on any atom is -0.468 e. The van der Waals surface area contributed by atoms with Gasteiger partial charge in [-0.3, -0.25) is 9.59 Å². The molecule has 0 saturated carbocycles. The first-order valence-corrected chi connectivity index (χ1v) is 10.8. The normalized spacial score (nSPS) is 14.3. The molecule has 0 aliphatic carbocycles. The third kappa shape index (κ3) is 3.66. The molecule has 1 aromatic carbocycles. The highest BCUT2D eigenvalue weighted by Gasteiger charge is 2.27. The number of carbonyl (C=O) groups excluding carboxylic acids is 2. The molecule has 1 amide bonds. The number of sulfonamides is 1. The molecule has 2 N–H and O–H groups in total. The van der Waals surface area contributed by atoms with Gasteiger partial charge in [0.25, 0.3) is 0 Å². The fourth-order valence-corrected chi connectivity index (χ4v) is 4.65.